The molecule has 0 aliphatic rings. The van der Waals surface area contributed by atoms with E-state index in [4.69, 9.17) is 9.15 Å². The maximum absolute atomic E-state index is 13.8. The number of amides is 2. The number of nitrogens with one attached hydrogen (secondary N) is 2. The Morgan fingerprint density at radius 1 is 1.07 bits per heavy atom. The predicted molar refractivity (Wildman–Crippen MR) is 109 cm³/mol. The number of ether oxygens (including phenoxy) is 1. The molecule has 7 nitrogen and oxygen atoms in total. The summed E-state index contributed by atoms with van der Waals surface area (Å²) in [5.74, 6) is -2.71. The molecule has 2 N–H and O–H groups in total. The first-order chi connectivity index (χ1) is 14.4. The van der Waals surface area contributed by atoms with Crippen LogP contribution >= 0.6 is 0 Å². The van der Waals surface area contributed by atoms with E-state index in [9.17, 15) is 18.8 Å². The van der Waals surface area contributed by atoms with Crippen LogP contribution in [0, 0.1) is 12.7 Å². The second-order valence-corrected chi connectivity index (χ2v) is 6.58. The molecular formula is C22H21FN2O5. The standard InChI is InChI=1S/C22H21FN2O5/c1-3-14-7-4-5-10-17(14)25-18(26)11-24-19(27)12-29-22(28)20-13(2)15-8-6-9-16(23)21(15)30-20/h4-10H,3,11-12H2,1-2H3,(H,24,27)(H,25,26). The zero-order chi connectivity index (χ0) is 21.7. The van der Waals surface area contributed by atoms with Crippen molar-refractivity contribution in [1.82, 2.24) is 5.32 Å². The number of esters is 1. The van der Waals surface area contributed by atoms with Crippen molar-refractivity contribution < 1.29 is 27.9 Å². The van der Waals surface area contributed by atoms with Crippen molar-refractivity contribution >= 4 is 34.4 Å². The average molecular weight is 412 g/mol. The molecule has 0 unspecified atom stereocenters. The van der Waals surface area contributed by atoms with Crippen molar-refractivity contribution in [2.75, 3.05) is 18.5 Å². The summed E-state index contributed by atoms with van der Waals surface area (Å²) in [4.78, 5) is 36.2. The highest BCUT2D eigenvalue weighted by Gasteiger charge is 2.21. The lowest BCUT2D eigenvalue weighted by molar-refractivity contribution is -0.126. The van der Waals surface area contributed by atoms with E-state index in [0.717, 1.165) is 12.0 Å². The molecule has 1 heterocycles. The zero-order valence-corrected chi connectivity index (χ0v) is 16.6. The minimum absolute atomic E-state index is 0.0459. The van der Waals surface area contributed by atoms with Gasteiger partial charge in [-0.05, 0) is 31.0 Å². The third-order valence-corrected chi connectivity index (χ3v) is 4.55. The Kier molecular flexibility index (Phi) is 6.46. The fraction of sp³-hybridized carbons (Fsp3) is 0.227. The van der Waals surface area contributed by atoms with Crippen molar-refractivity contribution in [3.8, 4) is 0 Å². The number of aryl methyl sites for hydroxylation is 2. The largest absolute Gasteiger partial charge is 0.450 e. The van der Waals surface area contributed by atoms with Gasteiger partial charge in [0.25, 0.3) is 5.91 Å². The van der Waals surface area contributed by atoms with Crippen LogP contribution in [0.1, 0.15) is 28.6 Å². The second kappa shape index (κ2) is 9.21. The summed E-state index contributed by atoms with van der Waals surface area (Å²) in [7, 11) is 0. The number of halogens is 1. The summed E-state index contributed by atoms with van der Waals surface area (Å²) in [5, 5.41) is 5.56. The van der Waals surface area contributed by atoms with Crippen LogP contribution in [0.3, 0.4) is 0 Å². The van der Waals surface area contributed by atoms with Gasteiger partial charge >= 0.3 is 5.97 Å². The number of fused-ring (bicyclic) bond motifs is 1. The van der Waals surface area contributed by atoms with Gasteiger partial charge in [0.1, 0.15) is 0 Å². The Morgan fingerprint density at radius 2 is 1.83 bits per heavy atom. The van der Waals surface area contributed by atoms with E-state index >= 15 is 0 Å². The van der Waals surface area contributed by atoms with Crippen LogP contribution in [0.4, 0.5) is 10.1 Å². The monoisotopic (exact) mass is 412 g/mol. The Morgan fingerprint density at radius 3 is 2.57 bits per heavy atom. The third kappa shape index (κ3) is 4.65. The number of hydrogen-bond acceptors (Lipinski definition) is 5. The highest BCUT2D eigenvalue weighted by atomic mass is 19.1. The number of carbonyl (C=O) groups excluding carboxylic acids is 3. The number of anilines is 1. The van der Waals surface area contributed by atoms with Gasteiger partial charge in [-0.15, -0.1) is 0 Å². The molecule has 156 valence electrons. The van der Waals surface area contributed by atoms with Gasteiger partial charge in [0.2, 0.25) is 11.7 Å². The SMILES string of the molecule is CCc1ccccc1NC(=O)CNC(=O)COC(=O)c1oc2c(F)cccc2c1C. The molecule has 0 atom stereocenters. The van der Waals surface area contributed by atoms with Gasteiger partial charge < -0.3 is 19.8 Å². The van der Waals surface area contributed by atoms with Crippen molar-refractivity contribution in [1.29, 1.82) is 0 Å². The highest BCUT2D eigenvalue weighted by molar-refractivity contribution is 5.98. The van der Waals surface area contributed by atoms with E-state index in [0.29, 0.717) is 16.6 Å². The Balaban J connectivity index is 1.51. The molecule has 3 rings (SSSR count). The number of hydrogen-bond donors (Lipinski definition) is 2. The van der Waals surface area contributed by atoms with E-state index < -0.39 is 30.2 Å². The Bertz CT molecular complexity index is 1110. The van der Waals surface area contributed by atoms with Crippen molar-refractivity contribution in [2.45, 2.75) is 20.3 Å². The summed E-state index contributed by atoms with van der Waals surface area (Å²) < 4.78 is 24.0. The van der Waals surface area contributed by atoms with E-state index in [2.05, 4.69) is 10.6 Å². The number of para-hydroxylation sites is 2. The lowest BCUT2D eigenvalue weighted by Crippen LogP contribution is -2.35. The van der Waals surface area contributed by atoms with Crippen LogP contribution in [-0.4, -0.2) is 30.9 Å². The van der Waals surface area contributed by atoms with Crippen molar-refractivity contribution in [2.24, 2.45) is 0 Å². The minimum atomic E-state index is -0.889. The number of benzene rings is 2. The molecule has 30 heavy (non-hydrogen) atoms. The first kappa shape index (κ1) is 21.0. The van der Waals surface area contributed by atoms with Crippen LogP contribution in [0.15, 0.2) is 46.9 Å². The normalized spacial score (nSPS) is 10.6. The quantitative estimate of drug-likeness (QED) is 0.580. The predicted octanol–water partition coefficient (Wildman–Crippen LogP) is 3.35. The minimum Gasteiger partial charge on any atom is -0.450 e. The van der Waals surface area contributed by atoms with E-state index in [1.54, 1.807) is 25.1 Å². The molecule has 0 radical (unpaired) electrons. The van der Waals surface area contributed by atoms with Crippen LogP contribution in [0.5, 0.6) is 0 Å². The van der Waals surface area contributed by atoms with Crippen LogP contribution in [-0.2, 0) is 20.7 Å². The first-order valence-electron chi connectivity index (χ1n) is 9.40. The molecule has 0 fully saturated rings. The summed E-state index contributed by atoms with van der Waals surface area (Å²) in [6.45, 7) is 2.69. The summed E-state index contributed by atoms with van der Waals surface area (Å²) >= 11 is 0. The maximum Gasteiger partial charge on any atom is 0.375 e. The topological polar surface area (TPSA) is 97.6 Å². The Hall–Kier alpha value is -3.68. The molecule has 1 aromatic heterocycles. The number of furan rings is 1. The van der Waals surface area contributed by atoms with Gasteiger partial charge in [-0.25, -0.2) is 9.18 Å². The van der Waals surface area contributed by atoms with Crippen molar-refractivity contribution in [3.63, 3.8) is 0 Å². The molecule has 2 aromatic carbocycles. The molecule has 0 saturated carbocycles. The molecule has 8 heteroatoms. The van der Waals surface area contributed by atoms with Crippen LogP contribution in [0.25, 0.3) is 11.0 Å². The maximum atomic E-state index is 13.8. The van der Waals surface area contributed by atoms with Crippen molar-refractivity contribution in [3.05, 3.63) is 65.2 Å². The Labute approximate surface area is 172 Å². The molecule has 0 bridgehead atoms. The third-order valence-electron chi connectivity index (χ3n) is 4.55. The zero-order valence-electron chi connectivity index (χ0n) is 16.6. The lowest BCUT2D eigenvalue weighted by Gasteiger charge is -2.10. The first-order valence-corrected chi connectivity index (χ1v) is 9.40. The van der Waals surface area contributed by atoms with Crippen LogP contribution < -0.4 is 10.6 Å². The molecule has 0 aliphatic heterocycles. The molecule has 2 amide bonds. The summed E-state index contributed by atoms with van der Waals surface area (Å²) in [5.41, 5.74) is 2.03. The van der Waals surface area contributed by atoms with Crippen LogP contribution in [0.2, 0.25) is 0 Å². The van der Waals surface area contributed by atoms with Gasteiger partial charge in [-0.2, -0.15) is 0 Å². The molecular weight excluding hydrogens is 391 g/mol. The second-order valence-electron chi connectivity index (χ2n) is 6.58. The summed E-state index contributed by atoms with van der Waals surface area (Å²) in [6, 6.07) is 11.7. The molecule has 3 aromatic rings. The van der Waals surface area contributed by atoms with Gasteiger partial charge in [0.05, 0.1) is 6.54 Å². The van der Waals surface area contributed by atoms with E-state index in [1.807, 2.05) is 19.1 Å². The van der Waals surface area contributed by atoms with E-state index in [-0.39, 0.29) is 17.9 Å². The average Bonchev–Trinajstić information content (AvgIpc) is 3.09. The fourth-order valence-electron chi connectivity index (χ4n) is 2.98. The van der Waals surface area contributed by atoms with Gasteiger partial charge in [-0.3, -0.25) is 9.59 Å². The number of carbonyl (C=O) groups is 3. The highest BCUT2D eigenvalue weighted by Crippen LogP contribution is 2.27. The fourth-order valence-corrected chi connectivity index (χ4v) is 2.98. The smallest absolute Gasteiger partial charge is 0.375 e. The molecule has 0 saturated heterocycles. The van der Waals surface area contributed by atoms with Gasteiger partial charge in [0.15, 0.2) is 18.0 Å². The van der Waals surface area contributed by atoms with Gasteiger partial charge in [-0.1, -0.05) is 37.3 Å². The van der Waals surface area contributed by atoms with E-state index in [1.165, 1.54) is 12.1 Å². The number of rotatable bonds is 7. The van der Waals surface area contributed by atoms with Gasteiger partial charge in [0, 0.05) is 16.6 Å². The molecule has 0 spiro atoms. The molecule has 0 aliphatic carbocycles. The lowest BCUT2D eigenvalue weighted by atomic mass is 10.1. The summed E-state index contributed by atoms with van der Waals surface area (Å²) in [6.07, 6.45) is 0.754.